The van der Waals surface area contributed by atoms with Gasteiger partial charge in [0.15, 0.2) is 5.69 Å². The number of alkyl halides is 3. The normalized spacial score (nSPS) is 13.4. The van der Waals surface area contributed by atoms with Crippen molar-refractivity contribution < 1.29 is 31.2 Å². The first-order chi connectivity index (χ1) is 17.1. The molecule has 0 unspecified atom stereocenters. The number of halogens is 3. The summed E-state index contributed by atoms with van der Waals surface area (Å²) < 4.78 is 63.0. The molecule has 2 aromatic carbocycles. The molecule has 0 aliphatic heterocycles. The number of benzene rings is 2. The fourth-order valence-corrected chi connectivity index (χ4v) is 4.20. The fourth-order valence-electron chi connectivity index (χ4n) is 3.72. The number of amides is 2. The number of aromatic nitrogens is 2. The van der Waals surface area contributed by atoms with Gasteiger partial charge in [0.05, 0.1) is 23.4 Å². The second-order valence-corrected chi connectivity index (χ2v) is 12.2. The van der Waals surface area contributed by atoms with Crippen LogP contribution in [0.25, 0.3) is 10.9 Å². The van der Waals surface area contributed by atoms with Gasteiger partial charge in [-0.15, -0.1) is 0 Å². The molecule has 0 aliphatic rings. The molecule has 37 heavy (non-hydrogen) atoms. The SMILES string of the molecule is CC(C)(C)[C@H](NC(=O)c1nn(Cc2ccc(C(F)(F)F)cc2)c2ccccc12)C(=O)NCCS(C)(=O)=O. The first kappa shape index (κ1) is 28.2. The maximum absolute atomic E-state index is 13.3. The maximum atomic E-state index is 13.3. The highest BCUT2D eigenvalue weighted by Gasteiger charge is 2.34. The molecule has 3 rings (SSSR count). The third-order valence-electron chi connectivity index (χ3n) is 5.66. The van der Waals surface area contributed by atoms with Crippen molar-refractivity contribution >= 4 is 32.6 Å². The van der Waals surface area contributed by atoms with Crippen LogP contribution in [0.4, 0.5) is 13.2 Å². The summed E-state index contributed by atoms with van der Waals surface area (Å²) in [5, 5.41) is 10.2. The zero-order valence-electron chi connectivity index (χ0n) is 20.9. The third-order valence-corrected chi connectivity index (χ3v) is 6.61. The van der Waals surface area contributed by atoms with Gasteiger partial charge in [-0.3, -0.25) is 14.3 Å². The molecule has 0 aliphatic carbocycles. The van der Waals surface area contributed by atoms with Crippen molar-refractivity contribution in [2.24, 2.45) is 5.41 Å². The number of hydrogen-bond acceptors (Lipinski definition) is 5. The Hall–Kier alpha value is -3.41. The first-order valence-electron chi connectivity index (χ1n) is 11.4. The zero-order valence-corrected chi connectivity index (χ0v) is 21.7. The van der Waals surface area contributed by atoms with Crippen LogP contribution in [0.2, 0.25) is 0 Å². The van der Waals surface area contributed by atoms with Crippen LogP contribution in [-0.2, 0) is 27.4 Å². The van der Waals surface area contributed by atoms with Crippen LogP contribution < -0.4 is 10.6 Å². The molecule has 0 spiro atoms. The number of carbonyl (C=O) groups is 2. The third kappa shape index (κ3) is 7.31. The van der Waals surface area contributed by atoms with Crippen LogP contribution in [0.1, 0.15) is 42.4 Å². The van der Waals surface area contributed by atoms with Crippen LogP contribution in [0.15, 0.2) is 48.5 Å². The van der Waals surface area contributed by atoms with E-state index in [9.17, 15) is 31.2 Å². The highest BCUT2D eigenvalue weighted by atomic mass is 32.2. The Morgan fingerprint density at radius 2 is 1.65 bits per heavy atom. The molecule has 200 valence electrons. The number of hydrogen-bond donors (Lipinski definition) is 2. The molecule has 0 fully saturated rings. The summed E-state index contributed by atoms with van der Waals surface area (Å²) in [7, 11) is -3.27. The van der Waals surface area contributed by atoms with Crippen molar-refractivity contribution in [3.63, 3.8) is 0 Å². The second-order valence-electron chi connectivity index (χ2n) is 9.91. The topological polar surface area (TPSA) is 110 Å². The number of para-hydroxylation sites is 1. The van der Waals surface area contributed by atoms with Gasteiger partial charge in [-0.25, -0.2) is 8.42 Å². The van der Waals surface area contributed by atoms with E-state index < -0.39 is 44.8 Å². The lowest BCUT2D eigenvalue weighted by Crippen LogP contribution is -2.54. The van der Waals surface area contributed by atoms with E-state index in [1.54, 1.807) is 45.0 Å². The predicted octanol–water partition coefficient (Wildman–Crippen LogP) is 3.41. The van der Waals surface area contributed by atoms with Crippen molar-refractivity contribution in [2.75, 3.05) is 18.6 Å². The van der Waals surface area contributed by atoms with Gasteiger partial charge in [-0.1, -0.05) is 51.1 Å². The quantitative estimate of drug-likeness (QED) is 0.457. The minimum atomic E-state index is -4.44. The summed E-state index contributed by atoms with van der Waals surface area (Å²) in [5.41, 5.74) is -0.252. The molecule has 0 radical (unpaired) electrons. The summed E-state index contributed by atoms with van der Waals surface area (Å²) in [4.78, 5) is 26.1. The Morgan fingerprint density at radius 3 is 2.22 bits per heavy atom. The van der Waals surface area contributed by atoms with Gasteiger partial charge in [0.25, 0.3) is 5.91 Å². The Balaban J connectivity index is 1.86. The van der Waals surface area contributed by atoms with Gasteiger partial charge in [-0.05, 0) is 29.2 Å². The van der Waals surface area contributed by atoms with Gasteiger partial charge >= 0.3 is 6.18 Å². The molecule has 0 saturated carbocycles. The van der Waals surface area contributed by atoms with Crippen LogP contribution in [0.3, 0.4) is 0 Å². The number of sulfone groups is 1. The second kappa shape index (κ2) is 10.5. The lowest BCUT2D eigenvalue weighted by molar-refractivity contribution is -0.137. The molecule has 2 N–H and O–H groups in total. The van der Waals surface area contributed by atoms with Crippen LogP contribution in [0, 0.1) is 5.41 Å². The summed E-state index contributed by atoms with van der Waals surface area (Å²) in [6.45, 7) is 5.31. The maximum Gasteiger partial charge on any atom is 0.416 e. The Labute approximate surface area is 213 Å². The van der Waals surface area contributed by atoms with Gasteiger partial charge in [0, 0.05) is 18.2 Å². The van der Waals surface area contributed by atoms with Crippen molar-refractivity contribution in [1.29, 1.82) is 0 Å². The van der Waals surface area contributed by atoms with E-state index in [2.05, 4.69) is 15.7 Å². The largest absolute Gasteiger partial charge is 0.416 e. The standard InChI is InChI=1S/C25H29F3N4O4S/c1-24(2,3)21(23(34)29-13-14-37(4,35)36)30-22(33)20-18-7-5-6-8-19(18)32(31-20)15-16-9-11-17(12-10-16)25(26,27)28/h5-12,21H,13-15H2,1-4H3,(H,29,34)(H,30,33)/t21-/m1/s1. The number of nitrogens with zero attached hydrogens (tertiary/aromatic N) is 2. The highest BCUT2D eigenvalue weighted by Crippen LogP contribution is 2.29. The average Bonchev–Trinajstić information content (AvgIpc) is 3.14. The Kier molecular flexibility index (Phi) is 8.01. The Bertz CT molecular complexity index is 1390. The number of rotatable bonds is 8. The van der Waals surface area contributed by atoms with E-state index >= 15 is 0 Å². The summed E-state index contributed by atoms with van der Waals surface area (Å²) in [6.07, 6.45) is -3.38. The average molecular weight is 539 g/mol. The minimum Gasteiger partial charge on any atom is -0.353 e. The van der Waals surface area contributed by atoms with Crippen molar-refractivity contribution in [1.82, 2.24) is 20.4 Å². The monoisotopic (exact) mass is 538 g/mol. The molecule has 3 aromatic rings. The molecule has 0 saturated heterocycles. The zero-order chi connectivity index (χ0) is 27.6. The molecule has 1 atom stereocenters. The van der Waals surface area contributed by atoms with Crippen LogP contribution in [0.5, 0.6) is 0 Å². The summed E-state index contributed by atoms with van der Waals surface area (Å²) in [5.74, 6) is -1.37. The van der Waals surface area contributed by atoms with Crippen LogP contribution in [-0.4, -0.2) is 54.6 Å². The number of nitrogens with one attached hydrogen (secondary N) is 2. The minimum absolute atomic E-state index is 0.0562. The lowest BCUT2D eigenvalue weighted by atomic mass is 9.86. The first-order valence-corrected chi connectivity index (χ1v) is 13.5. The lowest BCUT2D eigenvalue weighted by Gasteiger charge is -2.30. The molecule has 0 bridgehead atoms. The smallest absolute Gasteiger partial charge is 0.353 e. The summed E-state index contributed by atoms with van der Waals surface area (Å²) >= 11 is 0. The van der Waals surface area contributed by atoms with E-state index in [0.29, 0.717) is 16.5 Å². The molecular weight excluding hydrogens is 509 g/mol. The molecule has 8 nitrogen and oxygen atoms in total. The van der Waals surface area contributed by atoms with E-state index in [4.69, 9.17) is 0 Å². The van der Waals surface area contributed by atoms with E-state index in [1.165, 1.54) is 16.8 Å². The Morgan fingerprint density at radius 1 is 1.03 bits per heavy atom. The number of carbonyl (C=O) groups excluding carboxylic acids is 2. The molecule has 1 aromatic heterocycles. The molecule has 1 heterocycles. The fraction of sp³-hybridized carbons (Fsp3) is 0.400. The highest BCUT2D eigenvalue weighted by molar-refractivity contribution is 7.90. The van der Waals surface area contributed by atoms with Crippen LogP contribution >= 0.6 is 0 Å². The van der Waals surface area contributed by atoms with Crippen molar-refractivity contribution in [2.45, 2.75) is 39.5 Å². The van der Waals surface area contributed by atoms with E-state index in [0.717, 1.165) is 18.4 Å². The molecular formula is C25H29F3N4O4S. The van der Waals surface area contributed by atoms with E-state index in [-0.39, 0.29) is 24.5 Å². The number of fused-ring (bicyclic) bond motifs is 1. The van der Waals surface area contributed by atoms with Crippen molar-refractivity contribution in [3.05, 3.63) is 65.4 Å². The van der Waals surface area contributed by atoms with Gasteiger partial charge in [0.2, 0.25) is 5.91 Å². The van der Waals surface area contributed by atoms with Gasteiger partial charge in [-0.2, -0.15) is 18.3 Å². The molecule has 2 amide bonds. The predicted molar refractivity (Wildman–Crippen MR) is 134 cm³/mol. The van der Waals surface area contributed by atoms with Gasteiger partial charge < -0.3 is 10.6 Å². The van der Waals surface area contributed by atoms with E-state index in [1.807, 2.05) is 0 Å². The molecule has 12 heteroatoms. The summed E-state index contributed by atoms with van der Waals surface area (Å²) in [6, 6.07) is 10.6. The van der Waals surface area contributed by atoms with Gasteiger partial charge in [0.1, 0.15) is 15.9 Å². The van der Waals surface area contributed by atoms with Crippen molar-refractivity contribution in [3.8, 4) is 0 Å².